The summed E-state index contributed by atoms with van der Waals surface area (Å²) in [5, 5.41) is 21.3. The maximum atomic E-state index is 15.0. The van der Waals surface area contributed by atoms with Crippen molar-refractivity contribution in [2.75, 3.05) is 23.8 Å². The van der Waals surface area contributed by atoms with E-state index in [4.69, 9.17) is 9.84 Å². The van der Waals surface area contributed by atoms with Crippen molar-refractivity contribution in [1.29, 1.82) is 0 Å². The molecule has 0 saturated heterocycles. The third-order valence-electron chi connectivity index (χ3n) is 5.10. The number of benzene rings is 2. The number of aliphatic hydroxyl groups excluding tert-OH is 2. The molecule has 12 heteroatoms. The number of aliphatic hydroxyl groups is 2. The molecular weight excluding hydrogens is 564 g/mol. The Balaban J connectivity index is 2.61. The Labute approximate surface area is 198 Å². The molecule has 2 unspecified atom stereocenters. The van der Waals surface area contributed by atoms with Gasteiger partial charge in [-0.2, -0.15) is 0 Å². The van der Waals surface area contributed by atoms with E-state index >= 15 is 4.39 Å². The van der Waals surface area contributed by atoms with E-state index in [0.29, 0.717) is 9.64 Å². The highest BCUT2D eigenvalue weighted by molar-refractivity contribution is 14.1. The number of ether oxygens (including phenoxy) is 1. The van der Waals surface area contributed by atoms with Crippen LogP contribution in [-0.4, -0.2) is 43.2 Å². The van der Waals surface area contributed by atoms with Gasteiger partial charge in [0.05, 0.1) is 30.3 Å². The SMILES string of the molecule is CCC(C)(CC(O)CO)S(=O)(=O)Nc1c(F)cc(OC)c(F)c1Nc1ccc(I)cc1F. The van der Waals surface area contributed by atoms with Crippen LogP contribution < -0.4 is 14.8 Å². The standard InChI is InChI=1S/C20H24F3IN2O5S/c1-4-20(2,9-12(28)10-27)32(29,30)26-18-14(22)8-16(31-3)17(23)19(18)25-15-6-5-11(24)7-13(15)21/h5-8,12,25-28H,4,9-10H2,1-3H3. The fraction of sp³-hybridized carbons (Fsp3) is 0.400. The van der Waals surface area contributed by atoms with E-state index in [9.17, 15) is 22.3 Å². The van der Waals surface area contributed by atoms with E-state index in [1.54, 1.807) is 0 Å². The zero-order valence-electron chi connectivity index (χ0n) is 17.5. The van der Waals surface area contributed by atoms with Gasteiger partial charge in [0.1, 0.15) is 17.2 Å². The van der Waals surface area contributed by atoms with Crippen LogP contribution in [0.4, 0.5) is 30.2 Å². The van der Waals surface area contributed by atoms with Crippen LogP contribution >= 0.6 is 22.6 Å². The molecule has 0 aliphatic carbocycles. The summed E-state index contributed by atoms with van der Waals surface area (Å²) in [6.45, 7) is 2.17. The van der Waals surface area contributed by atoms with Crippen LogP contribution in [0.15, 0.2) is 24.3 Å². The number of hydrogen-bond acceptors (Lipinski definition) is 6. The first-order chi connectivity index (χ1) is 14.9. The Bertz CT molecular complexity index is 1090. The summed E-state index contributed by atoms with van der Waals surface area (Å²) in [4.78, 5) is 0. The van der Waals surface area contributed by atoms with Gasteiger partial charge >= 0.3 is 0 Å². The molecule has 0 bridgehead atoms. The van der Waals surface area contributed by atoms with Crippen LogP contribution in [0.3, 0.4) is 0 Å². The molecule has 32 heavy (non-hydrogen) atoms. The second-order valence-electron chi connectivity index (χ2n) is 7.32. The van der Waals surface area contributed by atoms with Crippen LogP contribution in [0.5, 0.6) is 5.75 Å². The van der Waals surface area contributed by atoms with Crippen molar-refractivity contribution < 1.29 is 36.5 Å². The predicted molar refractivity (Wildman–Crippen MR) is 124 cm³/mol. The molecule has 0 aromatic heterocycles. The molecule has 0 fully saturated rings. The van der Waals surface area contributed by atoms with Gasteiger partial charge in [-0.15, -0.1) is 0 Å². The monoisotopic (exact) mass is 588 g/mol. The van der Waals surface area contributed by atoms with Crippen molar-refractivity contribution in [3.8, 4) is 5.75 Å². The Hall–Kier alpha value is -1.77. The van der Waals surface area contributed by atoms with Crippen LogP contribution in [0.2, 0.25) is 0 Å². The van der Waals surface area contributed by atoms with Crippen molar-refractivity contribution >= 4 is 49.7 Å². The van der Waals surface area contributed by atoms with Crippen molar-refractivity contribution in [1.82, 2.24) is 0 Å². The highest BCUT2D eigenvalue weighted by Gasteiger charge is 2.40. The molecule has 7 nitrogen and oxygen atoms in total. The third-order valence-corrected chi connectivity index (χ3v) is 8.00. The number of rotatable bonds is 10. The zero-order valence-corrected chi connectivity index (χ0v) is 20.5. The number of methoxy groups -OCH3 is 1. The molecule has 2 rings (SSSR count). The third kappa shape index (κ3) is 5.58. The molecule has 0 aliphatic heterocycles. The molecule has 178 valence electrons. The molecule has 2 aromatic rings. The van der Waals surface area contributed by atoms with Crippen LogP contribution in [0, 0.1) is 21.0 Å². The van der Waals surface area contributed by atoms with Gasteiger partial charge in [-0.1, -0.05) is 6.92 Å². The van der Waals surface area contributed by atoms with Gasteiger partial charge in [0.15, 0.2) is 17.4 Å². The van der Waals surface area contributed by atoms with Crippen LogP contribution in [0.25, 0.3) is 0 Å². The van der Waals surface area contributed by atoms with Crippen molar-refractivity contribution in [2.24, 2.45) is 0 Å². The maximum absolute atomic E-state index is 15.0. The summed E-state index contributed by atoms with van der Waals surface area (Å²) >= 11 is 1.87. The van der Waals surface area contributed by atoms with E-state index in [2.05, 4.69) is 5.32 Å². The minimum atomic E-state index is -4.42. The molecule has 0 aliphatic rings. The van der Waals surface area contributed by atoms with E-state index in [0.717, 1.165) is 13.2 Å². The largest absolute Gasteiger partial charge is 0.493 e. The Morgan fingerprint density at radius 1 is 1.19 bits per heavy atom. The fourth-order valence-electron chi connectivity index (χ4n) is 2.96. The first-order valence-electron chi connectivity index (χ1n) is 9.48. The van der Waals surface area contributed by atoms with E-state index in [1.165, 1.54) is 26.0 Å². The lowest BCUT2D eigenvalue weighted by atomic mass is 10.0. The van der Waals surface area contributed by atoms with Crippen molar-refractivity contribution in [3.63, 3.8) is 0 Å². The summed E-state index contributed by atoms with van der Waals surface area (Å²) in [6.07, 6.45) is -1.70. The average Bonchev–Trinajstić information content (AvgIpc) is 2.73. The quantitative estimate of drug-likeness (QED) is 0.312. The first-order valence-corrected chi connectivity index (χ1v) is 12.0. The van der Waals surface area contributed by atoms with Crippen molar-refractivity contribution in [3.05, 3.63) is 45.3 Å². The number of halogens is 4. The molecule has 0 spiro atoms. The number of nitrogens with one attached hydrogen (secondary N) is 2. The number of anilines is 3. The summed E-state index contributed by atoms with van der Waals surface area (Å²) < 4.78 is 76.3. The summed E-state index contributed by atoms with van der Waals surface area (Å²) in [6, 6.07) is 4.63. The zero-order chi connectivity index (χ0) is 24.3. The molecular formula is C20H24F3IN2O5S. The molecule has 0 amide bonds. The lowest BCUT2D eigenvalue weighted by molar-refractivity contribution is 0.0790. The second kappa shape index (κ2) is 10.4. The molecule has 4 N–H and O–H groups in total. The highest BCUT2D eigenvalue weighted by Crippen LogP contribution is 2.40. The Kier molecular flexibility index (Phi) is 8.64. The maximum Gasteiger partial charge on any atom is 0.238 e. The van der Waals surface area contributed by atoms with Crippen LogP contribution in [0.1, 0.15) is 26.7 Å². The Morgan fingerprint density at radius 3 is 2.38 bits per heavy atom. The van der Waals surface area contributed by atoms with Gasteiger partial charge in [-0.05, 0) is 60.6 Å². The van der Waals surface area contributed by atoms with Gasteiger partial charge in [-0.3, -0.25) is 4.72 Å². The van der Waals surface area contributed by atoms with Crippen LogP contribution in [-0.2, 0) is 10.0 Å². The van der Waals surface area contributed by atoms with Gasteiger partial charge in [0.25, 0.3) is 0 Å². The minimum Gasteiger partial charge on any atom is -0.493 e. The molecule has 2 atom stereocenters. The normalized spacial score (nSPS) is 14.5. The molecule has 0 radical (unpaired) electrons. The van der Waals surface area contributed by atoms with E-state index in [1.807, 2.05) is 27.3 Å². The van der Waals surface area contributed by atoms with Crippen molar-refractivity contribution in [2.45, 2.75) is 37.5 Å². The number of sulfonamides is 1. The first kappa shape index (κ1) is 26.5. The summed E-state index contributed by atoms with van der Waals surface area (Å²) in [7, 11) is -3.33. The minimum absolute atomic E-state index is 0.00579. The topological polar surface area (TPSA) is 108 Å². The Morgan fingerprint density at radius 2 is 1.84 bits per heavy atom. The average molecular weight is 588 g/mol. The van der Waals surface area contributed by atoms with Gasteiger partial charge in [0.2, 0.25) is 10.0 Å². The predicted octanol–water partition coefficient (Wildman–Crippen LogP) is 4.11. The number of hydrogen-bond donors (Lipinski definition) is 4. The second-order valence-corrected chi connectivity index (χ2v) is 10.8. The van der Waals surface area contributed by atoms with Gasteiger partial charge in [0, 0.05) is 9.64 Å². The molecule has 2 aromatic carbocycles. The van der Waals surface area contributed by atoms with E-state index < -0.39 is 62.1 Å². The summed E-state index contributed by atoms with van der Waals surface area (Å²) in [5.41, 5.74) is -1.67. The lowest BCUT2D eigenvalue weighted by Crippen LogP contribution is -2.43. The fourth-order valence-corrected chi connectivity index (χ4v) is 4.92. The van der Waals surface area contributed by atoms with Gasteiger partial charge in [-0.25, -0.2) is 21.6 Å². The smallest absolute Gasteiger partial charge is 0.238 e. The molecule has 0 heterocycles. The van der Waals surface area contributed by atoms with E-state index in [-0.39, 0.29) is 18.5 Å². The summed E-state index contributed by atoms with van der Waals surface area (Å²) in [5.74, 6) is -3.59. The molecule has 0 saturated carbocycles. The van der Waals surface area contributed by atoms with Gasteiger partial charge < -0.3 is 20.3 Å². The lowest BCUT2D eigenvalue weighted by Gasteiger charge is -2.31. The highest BCUT2D eigenvalue weighted by atomic mass is 127.